The Morgan fingerprint density at radius 1 is 0.789 bits per heavy atom. The summed E-state index contributed by atoms with van der Waals surface area (Å²) in [4.78, 5) is 12.0. The van der Waals surface area contributed by atoms with Gasteiger partial charge in [-0.2, -0.15) is 0 Å². The molecule has 0 saturated carbocycles. The van der Waals surface area contributed by atoms with Crippen molar-refractivity contribution >= 4 is 18.1 Å². The number of hydrogen-bond donors (Lipinski definition) is 0. The minimum absolute atomic E-state index is 0.159. The second-order valence-electron chi connectivity index (χ2n) is 9.39. The van der Waals surface area contributed by atoms with E-state index in [9.17, 15) is 4.79 Å². The van der Waals surface area contributed by atoms with E-state index in [0.29, 0.717) is 26.2 Å². The Balaban J connectivity index is 1.42. The standard InChI is InChI=1S/C33H38O5/c1-5-23-8-12-26-14-15-27-13-9-24(6-2)21-30(27)32(29(26)20-23)38-19-18-37-28-16-10-25(11-17-28)22-31(35-4)33(34)36-7-3/h8-17,20-21,31-32H,5-7,18-19,22H2,1-4H3. The van der Waals surface area contributed by atoms with E-state index < -0.39 is 6.10 Å². The van der Waals surface area contributed by atoms with E-state index in [1.54, 1.807) is 6.92 Å². The molecule has 0 aromatic heterocycles. The lowest BCUT2D eigenvalue weighted by Crippen LogP contribution is -2.27. The van der Waals surface area contributed by atoms with Gasteiger partial charge in [0.25, 0.3) is 0 Å². The van der Waals surface area contributed by atoms with Gasteiger partial charge in [0.15, 0.2) is 6.10 Å². The summed E-state index contributed by atoms with van der Waals surface area (Å²) in [7, 11) is 1.52. The van der Waals surface area contributed by atoms with Crippen LogP contribution in [0.25, 0.3) is 12.2 Å². The fourth-order valence-electron chi connectivity index (χ4n) is 4.73. The second kappa shape index (κ2) is 13.4. The first-order valence-corrected chi connectivity index (χ1v) is 13.5. The predicted octanol–water partition coefficient (Wildman–Crippen LogP) is 6.60. The molecule has 0 spiro atoms. The lowest BCUT2D eigenvalue weighted by atomic mass is 9.93. The first-order valence-electron chi connectivity index (χ1n) is 13.5. The minimum Gasteiger partial charge on any atom is -0.491 e. The highest BCUT2D eigenvalue weighted by molar-refractivity contribution is 5.76. The third-order valence-electron chi connectivity index (χ3n) is 6.94. The zero-order valence-electron chi connectivity index (χ0n) is 22.9. The largest absolute Gasteiger partial charge is 0.491 e. The van der Waals surface area contributed by atoms with Crippen molar-refractivity contribution in [2.24, 2.45) is 0 Å². The molecule has 3 aromatic carbocycles. The summed E-state index contributed by atoms with van der Waals surface area (Å²) in [5, 5.41) is 0. The van der Waals surface area contributed by atoms with Gasteiger partial charge in [0, 0.05) is 13.5 Å². The minimum atomic E-state index is -0.614. The fourth-order valence-corrected chi connectivity index (χ4v) is 4.73. The van der Waals surface area contributed by atoms with Crippen molar-refractivity contribution in [2.45, 2.75) is 52.2 Å². The van der Waals surface area contributed by atoms with E-state index in [-0.39, 0.29) is 12.1 Å². The number of carbonyl (C=O) groups excluding carboxylic acids is 1. The van der Waals surface area contributed by atoms with Gasteiger partial charge >= 0.3 is 5.97 Å². The Hall–Kier alpha value is -3.41. The number of aryl methyl sites for hydroxylation is 2. The number of ether oxygens (including phenoxy) is 4. The van der Waals surface area contributed by atoms with Gasteiger partial charge in [0.1, 0.15) is 18.5 Å². The normalized spacial score (nSPS) is 13.4. The first-order chi connectivity index (χ1) is 18.6. The maximum Gasteiger partial charge on any atom is 0.335 e. The number of carbonyl (C=O) groups is 1. The van der Waals surface area contributed by atoms with Gasteiger partial charge in [-0.15, -0.1) is 0 Å². The van der Waals surface area contributed by atoms with E-state index in [2.05, 4.69) is 62.4 Å². The zero-order chi connectivity index (χ0) is 26.9. The lowest BCUT2D eigenvalue weighted by Gasteiger charge is -2.22. The smallest absolute Gasteiger partial charge is 0.335 e. The molecule has 0 radical (unpaired) electrons. The van der Waals surface area contributed by atoms with Crippen LogP contribution in [0.5, 0.6) is 5.75 Å². The van der Waals surface area contributed by atoms with Crippen molar-refractivity contribution in [3.63, 3.8) is 0 Å². The molecule has 1 aliphatic rings. The number of benzene rings is 3. The zero-order valence-corrected chi connectivity index (χ0v) is 22.9. The van der Waals surface area contributed by atoms with E-state index in [4.69, 9.17) is 18.9 Å². The van der Waals surface area contributed by atoms with Gasteiger partial charge < -0.3 is 18.9 Å². The molecule has 0 fully saturated rings. The van der Waals surface area contributed by atoms with Crippen LogP contribution < -0.4 is 4.74 Å². The highest BCUT2D eigenvalue weighted by Gasteiger charge is 2.23. The van der Waals surface area contributed by atoms with Crippen molar-refractivity contribution in [2.75, 3.05) is 26.9 Å². The maximum absolute atomic E-state index is 12.0. The average molecular weight is 515 g/mol. The Morgan fingerprint density at radius 2 is 1.37 bits per heavy atom. The van der Waals surface area contributed by atoms with Crippen LogP contribution in [-0.2, 0) is 38.3 Å². The van der Waals surface area contributed by atoms with Crippen LogP contribution in [0.1, 0.15) is 65.8 Å². The molecule has 4 rings (SSSR count). The topological polar surface area (TPSA) is 54.0 Å². The summed E-state index contributed by atoms with van der Waals surface area (Å²) < 4.78 is 22.9. The van der Waals surface area contributed by atoms with Crippen molar-refractivity contribution in [1.82, 2.24) is 0 Å². The van der Waals surface area contributed by atoms with Gasteiger partial charge in [0.05, 0.1) is 13.2 Å². The maximum atomic E-state index is 12.0. The van der Waals surface area contributed by atoms with Gasteiger partial charge in [-0.3, -0.25) is 0 Å². The van der Waals surface area contributed by atoms with E-state index in [0.717, 1.165) is 24.2 Å². The van der Waals surface area contributed by atoms with Crippen LogP contribution in [0.15, 0.2) is 60.7 Å². The molecule has 200 valence electrons. The molecule has 5 nitrogen and oxygen atoms in total. The summed E-state index contributed by atoms with van der Waals surface area (Å²) in [6.07, 6.45) is 6.02. The molecule has 0 aliphatic heterocycles. The highest BCUT2D eigenvalue weighted by Crippen LogP contribution is 2.36. The molecule has 0 N–H and O–H groups in total. The van der Waals surface area contributed by atoms with Gasteiger partial charge in [-0.25, -0.2) is 4.79 Å². The van der Waals surface area contributed by atoms with E-state index in [1.807, 2.05) is 24.3 Å². The Labute approximate surface area is 226 Å². The van der Waals surface area contributed by atoms with Crippen LogP contribution in [0, 0.1) is 0 Å². The van der Waals surface area contributed by atoms with E-state index in [1.165, 1.54) is 40.5 Å². The number of fused-ring (bicyclic) bond motifs is 2. The van der Waals surface area contributed by atoms with Gasteiger partial charge in [-0.1, -0.05) is 74.5 Å². The molecule has 38 heavy (non-hydrogen) atoms. The predicted molar refractivity (Wildman–Crippen MR) is 151 cm³/mol. The van der Waals surface area contributed by atoms with Crippen LogP contribution in [-0.4, -0.2) is 39.0 Å². The van der Waals surface area contributed by atoms with Crippen LogP contribution in [0.3, 0.4) is 0 Å². The molecular formula is C33H38O5. The third kappa shape index (κ3) is 6.72. The quantitative estimate of drug-likeness (QED) is 0.201. The highest BCUT2D eigenvalue weighted by atomic mass is 16.6. The van der Waals surface area contributed by atoms with Crippen LogP contribution in [0.2, 0.25) is 0 Å². The Morgan fingerprint density at radius 3 is 1.89 bits per heavy atom. The molecule has 0 bridgehead atoms. The Bertz CT molecular complexity index is 1190. The van der Waals surface area contributed by atoms with Crippen LogP contribution in [0.4, 0.5) is 0 Å². The average Bonchev–Trinajstić information content (AvgIpc) is 3.10. The molecule has 1 atom stereocenters. The fraction of sp³-hybridized carbons (Fsp3) is 0.364. The summed E-state index contributed by atoms with van der Waals surface area (Å²) in [5.74, 6) is 0.411. The first kappa shape index (κ1) is 27.6. The van der Waals surface area contributed by atoms with Gasteiger partial charge in [0.2, 0.25) is 0 Å². The van der Waals surface area contributed by atoms with Crippen molar-refractivity contribution < 1.29 is 23.7 Å². The number of hydrogen-bond acceptors (Lipinski definition) is 5. The number of methoxy groups -OCH3 is 1. The van der Waals surface area contributed by atoms with Crippen molar-refractivity contribution in [3.05, 3.63) is 99.6 Å². The summed E-state index contributed by atoms with van der Waals surface area (Å²) in [6.45, 7) is 7.36. The summed E-state index contributed by atoms with van der Waals surface area (Å²) in [6, 6.07) is 21.1. The molecular weight excluding hydrogens is 476 g/mol. The third-order valence-corrected chi connectivity index (χ3v) is 6.94. The monoisotopic (exact) mass is 514 g/mol. The number of rotatable bonds is 12. The Kier molecular flexibility index (Phi) is 9.74. The summed E-state index contributed by atoms with van der Waals surface area (Å²) in [5.41, 5.74) is 8.36. The summed E-state index contributed by atoms with van der Waals surface area (Å²) >= 11 is 0. The molecule has 0 amide bonds. The van der Waals surface area contributed by atoms with Gasteiger partial charge in [-0.05, 0) is 70.8 Å². The molecule has 1 aliphatic carbocycles. The molecule has 0 saturated heterocycles. The molecule has 3 aromatic rings. The van der Waals surface area contributed by atoms with Crippen molar-refractivity contribution in [1.29, 1.82) is 0 Å². The van der Waals surface area contributed by atoms with E-state index >= 15 is 0 Å². The molecule has 0 heterocycles. The molecule has 1 unspecified atom stereocenters. The van der Waals surface area contributed by atoms with Crippen LogP contribution >= 0.6 is 0 Å². The molecule has 5 heteroatoms. The SMILES string of the molecule is CCOC(=O)C(Cc1ccc(OCCOC2c3cc(CC)ccc3C=Cc3ccc(CC)cc32)cc1)OC. The number of esters is 1. The second-order valence-corrected chi connectivity index (χ2v) is 9.39. The van der Waals surface area contributed by atoms with Crippen molar-refractivity contribution in [3.8, 4) is 5.75 Å². The lowest BCUT2D eigenvalue weighted by molar-refractivity contribution is -0.154.